The highest BCUT2D eigenvalue weighted by Crippen LogP contribution is 2.19. The van der Waals surface area contributed by atoms with Gasteiger partial charge in [0.2, 0.25) is 11.8 Å². The molecule has 0 saturated carbocycles. The maximum absolute atomic E-state index is 13.0. The fraction of sp³-hybridized carbons (Fsp3) is 0.526. The Morgan fingerprint density at radius 3 is 2.35 bits per heavy atom. The second kappa shape index (κ2) is 8.29. The van der Waals surface area contributed by atoms with Crippen molar-refractivity contribution < 1.29 is 18.8 Å². The van der Waals surface area contributed by atoms with Crippen LogP contribution < -0.4 is 5.32 Å². The van der Waals surface area contributed by atoms with Crippen LogP contribution in [0.15, 0.2) is 24.3 Å². The van der Waals surface area contributed by atoms with Gasteiger partial charge in [-0.2, -0.15) is 0 Å². The first kappa shape index (κ1) is 18.4. The van der Waals surface area contributed by atoms with Crippen LogP contribution in [-0.2, 0) is 9.59 Å². The van der Waals surface area contributed by atoms with Crippen LogP contribution in [0.5, 0.6) is 0 Å². The first-order chi connectivity index (χ1) is 12.5. The van der Waals surface area contributed by atoms with E-state index in [4.69, 9.17) is 0 Å². The summed E-state index contributed by atoms with van der Waals surface area (Å²) in [5, 5.41) is 2.72. The largest absolute Gasteiger partial charge is 0.347 e. The van der Waals surface area contributed by atoms with Crippen LogP contribution >= 0.6 is 0 Å². The highest BCUT2D eigenvalue weighted by atomic mass is 19.1. The molecule has 0 aromatic heterocycles. The normalized spacial score (nSPS) is 20.1. The molecule has 1 aromatic carbocycles. The van der Waals surface area contributed by atoms with Gasteiger partial charge in [-0.1, -0.05) is 0 Å². The summed E-state index contributed by atoms with van der Waals surface area (Å²) in [6, 6.07) is 5.42. The predicted octanol–water partition coefficient (Wildman–Crippen LogP) is 1.42. The number of likely N-dealkylation sites (tertiary alicyclic amines) is 2. The standard InChI is InChI=1S/C19H24FN3O3/c20-16-7-5-14(6-8-16)19(26)23-11-3-4-15(13-23)18(25)21-12-17(24)22-9-1-2-10-22/h5-8,15H,1-4,9-13H2,(H,21,25). The highest BCUT2D eigenvalue weighted by molar-refractivity contribution is 5.94. The van der Waals surface area contributed by atoms with Crippen molar-refractivity contribution >= 4 is 17.7 Å². The van der Waals surface area contributed by atoms with Crippen LogP contribution in [-0.4, -0.2) is 60.2 Å². The third kappa shape index (κ3) is 4.39. The molecule has 2 aliphatic rings. The van der Waals surface area contributed by atoms with Crippen molar-refractivity contribution in [3.8, 4) is 0 Å². The molecule has 26 heavy (non-hydrogen) atoms. The Bertz CT molecular complexity index is 671. The van der Waals surface area contributed by atoms with E-state index in [1.54, 1.807) is 9.80 Å². The second-order valence-corrected chi connectivity index (χ2v) is 6.90. The van der Waals surface area contributed by atoms with Gasteiger partial charge in [0.1, 0.15) is 5.82 Å². The van der Waals surface area contributed by atoms with Gasteiger partial charge in [-0.25, -0.2) is 4.39 Å². The lowest BCUT2D eigenvalue weighted by Crippen LogP contribution is -2.47. The second-order valence-electron chi connectivity index (χ2n) is 6.90. The Morgan fingerprint density at radius 1 is 1.00 bits per heavy atom. The predicted molar refractivity (Wildman–Crippen MR) is 93.9 cm³/mol. The summed E-state index contributed by atoms with van der Waals surface area (Å²) in [7, 11) is 0. The minimum absolute atomic E-state index is 0.0151. The van der Waals surface area contributed by atoms with Crippen molar-refractivity contribution in [3.63, 3.8) is 0 Å². The Balaban J connectivity index is 1.52. The molecule has 1 aromatic rings. The van der Waals surface area contributed by atoms with E-state index in [0.717, 1.165) is 32.4 Å². The molecule has 1 atom stereocenters. The quantitative estimate of drug-likeness (QED) is 0.882. The lowest BCUT2D eigenvalue weighted by atomic mass is 9.96. The lowest BCUT2D eigenvalue weighted by molar-refractivity contribution is -0.133. The maximum Gasteiger partial charge on any atom is 0.253 e. The number of hydrogen-bond acceptors (Lipinski definition) is 3. The molecule has 2 aliphatic heterocycles. The van der Waals surface area contributed by atoms with Gasteiger partial charge < -0.3 is 15.1 Å². The topological polar surface area (TPSA) is 69.7 Å². The fourth-order valence-electron chi connectivity index (χ4n) is 3.54. The zero-order valence-corrected chi connectivity index (χ0v) is 14.7. The molecule has 1 unspecified atom stereocenters. The first-order valence-corrected chi connectivity index (χ1v) is 9.15. The summed E-state index contributed by atoms with van der Waals surface area (Å²) in [4.78, 5) is 40.4. The molecule has 140 valence electrons. The molecule has 0 aliphatic carbocycles. The number of piperidine rings is 1. The Morgan fingerprint density at radius 2 is 1.65 bits per heavy atom. The fourth-order valence-corrected chi connectivity index (χ4v) is 3.54. The number of nitrogens with zero attached hydrogens (tertiary/aromatic N) is 2. The third-order valence-electron chi connectivity index (χ3n) is 5.04. The Hall–Kier alpha value is -2.44. The molecule has 2 fully saturated rings. The van der Waals surface area contributed by atoms with Crippen LogP contribution in [0.1, 0.15) is 36.0 Å². The van der Waals surface area contributed by atoms with E-state index < -0.39 is 0 Å². The molecule has 7 heteroatoms. The van der Waals surface area contributed by atoms with Gasteiger partial charge in [0, 0.05) is 31.7 Å². The van der Waals surface area contributed by atoms with E-state index in [0.29, 0.717) is 25.1 Å². The smallest absolute Gasteiger partial charge is 0.253 e. The molecule has 6 nitrogen and oxygen atoms in total. The first-order valence-electron chi connectivity index (χ1n) is 9.15. The van der Waals surface area contributed by atoms with E-state index in [1.165, 1.54) is 24.3 Å². The molecular formula is C19H24FN3O3. The highest BCUT2D eigenvalue weighted by Gasteiger charge is 2.29. The average Bonchev–Trinajstić information content (AvgIpc) is 3.21. The number of amides is 3. The molecule has 3 amide bonds. The Kier molecular flexibility index (Phi) is 5.85. The molecule has 2 saturated heterocycles. The van der Waals surface area contributed by atoms with Crippen molar-refractivity contribution in [2.24, 2.45) is 5.92 Å². The van der Waals surface area contributed by atoms with Gasteiger partial charge in [0.15, 0.2) is 0 Å². The van der Waals surface area contributed by atoms with Crippen molar-refractivity contribution in [1.29, 1.82) is 0 Å². The SMILES string of the molecule is O=C(NCC(=O)N1CCCC1)C1CCCN(C(=O)c2ccc(F)cc2)C1. The molecule has 0 radical (unpaired) electrons. The molecule has 2 heterocycles. The van der Waals surface area contributed by atoms with Gasteiger partial charge in [-0.15, -0.1) is 0 Å². The number of benzene rings is 1. The third-order valence-corrected chi connectivity index (χ3v) is 5.04. The minimum Gasteiger partial charge on any atom is -0.347 e. The van der Waals surface area contributed by atoms with Gasteiger partial charge in [0.25, 0.3) is 5.91 Å². The van der Waals surface area contributed by atoms with Gasteiger partial charge in [-0.05, 0) is 49.9 Å². The van der Waals surface area contributed by atoms with Crippen LogP contribution in [0.4, 0.5) is 4.39 Å². The van der Waals surface area contributed by atoms with Crippen molar-refractivity contribution in [2.75, 3.05) is 32.7 Å². The number of rotatable bonds is 4. The molecular weight excluding hydrogens is 337 g/mol. The molecule has 0 spiro atoms. The van der Waals surface area contributed by atoms with E-state index in [9.17, 15) is 18.8 Å². The van der Waals surface area contributed by atoms with Gasteiger partial charge in [0.05, 0.1) is 12.5 Å². The van der Waals surface area contributed by atoms with Gasteiger partial charge >= 0.3 is 0 Å². The van der Waals surface area contributed by atoms with E-state index >= 15 is 0 Å². The zero-order chi connectivity index (χ0) is 18.5. The number of carbonyl (C=O) groups excluding carboxylic acids is 3. The molecule has 1 N–H and O–H groups in total. The van der Waals surface area contributed by atoms with Crippen molar-refractivity contribution in [2.45, 2.75) is 25.7 Å². The van der Waals surface area contributed by atoms with E-state index in [1.807, 2.05) is 0 Å². The number of nitrogens with one attached hydrogen (secondary N) is 1. The van der Waals surface area contributed by atoms with Crippen molar-refractivity contribution in [1.82, 2.24) is 15.1 Å². The van der Waals surface area contributed by atoms with Crippen LogP contribution in [0, 0.1) is 11.7 Å². The summed E-state index contributed by atoms with van der Waals surface area (Å²) in [6.45, 7) is 2.43. The van der Waals surface area contributed by atoms with E-state index in [2.05, 4.69) is 5.32 Å². The van der Waals surface area contributed by atoms with Gasteiger partial charge in [-0.3, -0.25) is 14.4 Å². The Labute approximate surface area is 152 Å². The molecule has 3 rings (SSSR count). The minimum atomic E-state index is -0.389. The van der Waals surface area contributed by atoms with Crippen LogP contribution in [0.3, 0.4) is 0 Å². The summed E-state index contributed by atoms with van der Waals surface area (Å²) < 4.78 is 13.0. The summed E-state index contributed by atoms with van der Waals surface area (Å²) >= 11 is 0. The monoisotopic (exact) mass is 361 g/mol. The van der Waals surface area contributed by atoms with E-state index in [-0.39, 0.29) is 36.0 Å². The van der Waals surface area contributed by atoms with Crippen LogP contribution in [0.25, 0.3) is 0 Å². The number of halogens is 1. The summed E-state index contributed by atoms with van der Waals surface area (Å²) in [5.41, 5.74) is 0.414. The lowest BCUT2D eigenvalue weighted by Gasteiger charge is -2.32. The maximum atomic E-state index is 13.0. The van der Waals surface area contributed by atoms with Crippen molar-refractivity contribution in [3.05, 3.63) is 35.6 Å². The number of carbonyl (C=O) groups is 3. The summed E-state index contributed by atoms with van der Waals surface area (Å²) in [6.07, 6.45) is 3.45. The van der Waals surface area contributed by atoms with Crippen LogP contribution in [0.2, 0.25) is 0 Å². The zero-order valence-electron chi connectivity index (χ0n) is 14.7. The summed E-state index contributed by atoms with van der Waals surface area (Å²) in [5.74, 6) is -1.14. The number of hydrogen-bond donors (Lipinski definition) is 1. The molecule has 0 bridgehead atoms. The average molecular weight is 361 g/mol.